The lowest BCUT2D eigenvalue weighted by atomic mass is 9.85. The summed E-state index contributed by atoms with van der Waals surface area (Å²) >= 11 is 0. The Morgan fingerprint density at radius 3 is 2.38 bits per heavy atom. The van der Waals surface area contributed by atoms with E-state index in [1.54, 1.807) is 19.9 Å². The molecule has 3 aromatic carbocycles. The van der Waals surface area contributed by atoms with Crippen LogP contribution in [0.15, 0.2) is 66.7 Å². The molecule has 0 unspecified atom stereocenters. The Hall–Kier alpha value is -3.58. The number of hydrogen-bond acceptors (Lipinski definition) is 3. The molecule has 0 bridgehead atoms. The molecule has 0 saturated carbocycles. The molecule has 4 heteroatoms. The van der Waals surface area contributed by atoms with Crippen LogP contribution in [0.3, 0.4) is 0 Å². The maximum absolute atomic E-state index is 12.9. The van der Waals surface area contributed by atoms with Crippen molar-refractivity contribution in [2.45, 2.75) is 20.3 Å². The number of benzene rings is 3. The van der Waals surface area contributed by atoms with E-state index < -0.39 is 11.4 Å². The second-order valence-corrected chi connectivity index (χ2v) is 7.41. The molecule has 4 nitrogen and oxygen atoms in total. The van der Waals surface area contributed by atoms with Gasteiger partial charge in [-0.05, 0) is 37.4 Å². The van der Waals surface area contributed by atoms with Crippen LogP contribution >= 0.6 is 0 Å². The van der Waals surface area contributed by atoms with Gasteiger partial charge in [-0.1, -0.05) is 60.4 Å². The maximum Gasteiger partial charge on any atom is 0.309 e. The van der Waals surface area contributed by atoms with Gasteiger partial charge in [0, 0.05) is 17.4 Å². The Labute approximate surface area is 170 Å². The summed E-state index contributed by atoms with van der Waals surface area (Å²) < 4.78 is 5.93. The molecule has 0 aliphatic carbocycles. The molecule has 0 fully saturated rings. The number of rotatable bonds is 6. The number of carboxylic acids is 1. The number of Topliss-reactive ketones (excluding diaryl/α,β-unsaturated/α-hetero) is 1. The zero-order valence-electron chi connectivity index (χ0n) is 16.4. The molecule has 0 saturated heterocycles. The Bertz CT molecular complexity index is 1100. The molecule has 0 heterocycles. The fraction of sp³-hybridized carbons (Fsp3) is 0.200. The number of ether oxygens (including phenoxy) is 1. The minimum absolute atomic E-state index is 0.117. The largest absolute Gasteiger partial charge is 0.481 e. The average Bonchev–Trinajstić information content (AvgIpc) is 2.71. The highest BCUT2D eigenvalue weighted by atomic mass is 16.5. The number of fused-ring (bicyclic) bond motifs is 1. The van der Waals surface area contributed by atoms with Gasteiger partial charge in [-0.15, -0.1) is 0 Å². The van der Waals surface area contributed by atoms with Gasteiger partial charge in [0.2, 0.25) is 0 Å². The fourth-order valence-electron chi connectivity index (χ4n) is 2.96. The monoisotopic (exact) mass is 386 g/mol. The SMILES string of the molecule is CC(C)(CC(=O)c1ccc2ccccc2c1OCC#Cc1ccccc1)C(=O)O. The third kappa shape index (κ3) is 4.83. The van der Waals surface area contributed by atoms with Crippen LogP contribution in [-0.2, 0) is 4.79 Å². The molecule has 0 aliphatic rings. The molecule has 0 radical (unpaired) electrons. The molecule has 0 spiro atoms. The van der Waals surface area contributed by atoms with E-state index in [4.69, 9.17) is 4.74 Å². The van der Waals surface area contributed by atoms with Gasteiger partial charge in [-0.2, -0.15) is 0 Å². The topological polar surface area (TPSA) is 63.6 Å². The number of carbonyl (C=O) groups is 2. The van der Waals surface area contributed by atoms with Crippen LogP contribution in [0.5, 0.6) is 5.75 Å². The Morgan fingerprint density at radius 2 is 1.66 bits per heavy atom. The van der Waals surface area contributed by atoms with Crippen LogP contribution in [0, 0.1) is 17.3 Å². The Kier molecular flexibility index (Phi) is 5.99. The van der Waals surface area contributed by atoms with E-state index in [1.807, 2.05) is 60.7 Å². The van der Waals surface area contributed by atoms with E-state index >= 15 is 0 Å². The van der Waals surface area contributed by atoms with Crippen molar-refractivity contribution in [1.82, 2.24) is 0 Å². The summed E-state index contributed by atoms with van der Waals surface area (Å²) in [6.07, 6.45) is -0.118. The number of carboxylic acid groups (broad SMARTS) is 1. The summed E-state index contributed by atoms with van der Waals surface area (Å²) in [5, 5.41) is 11.1. The molecular formula is C25H22O4. The van der Waals surface area contributed by atoms with Gasteiger partial charge < -0.3 is 9.84 Å². The van der Waals surface area contributed by atoms with Crippen LogP contribution in [0.1, 0.15) is 36.2 Å². The summed E-state index contributed by atoms with van der Waals surface area (Å²) in [4.78, 5) is 24.3. The first-order valence-corrected chi connectivity index (χ1v) is 9.33. The molecule has 29 heavy (non-hydrogen) atoms. The van der Waals surface area contributed by atoms with Crippen molar-refractivity contribution in [2.75, 3.05) is 6.61 Å². The lowest BCUT2D eigenvalue weighted by Gasteiger charge is -2.19. The second kappa shape index (κ2) is 8.62. The van der Waals surface area contributed by atoms with Crippen molar-refractivity contribution in [3.05, 3.63) is 77.9 Å². The van der Waals surface area contributed by atoms with Gasteiger partial charge in [0.15, 0.2) is 5.78 Å². The number of hydrogen-bond donors (Lipinski definition) is 1. The van der Waals surface area contributed by atoms with Crippen LogP contribution in [0.2, 0.25) is 0 Å². The predicted octanol–water partition coefficient (Wildman–Crippen LogP) is 4.95. The van der Waals surface area contributed by atoms with Gasteiger partial charge in [-0.25, -0.2) is 0 Å². The quantitative estimate of drug-likeness (QED) is 0.481. The van der Waals surface area contributed by atoms with Crippen LogP contribution < -0.4 is 4.74 Å². The normalized spacial score (nSPS) is 10.8. The van der Waals surface area contributed by atoms with Crippen molar-refractivity contribution >= 4 is 22.5 Å². The highest BCUT2D eigenvalue weighted by molar-refractivity contribution is 6.06. The average molecular weight is 386 g/mol. The van der Waals surface area contributed by atoms with Crippen molar-refractivity contribution in [3.8, 4) is 17.6 Å². The van der Waals surface area contributed by atoms with E-state index in [2.05, 4.69) is 11.8 Å². The molecule has 3 rings (SSSR count). The zero-order valence-corrected chi connectivity index (χ0v) is 16.4. The lowest BCUT2D eigenvalue weighted by molar-refractivity contribution is -0.146. The van der Waals surface area contributed by atoms with Crippen molar-refractivity contribution in [3.63, 3.8) is 0 Å². The van der Waals surface area contributed by atoms with Gasteiger partial charge >= 0.3 is 5.97 Å². The molecule has 3 aromatic rings. The standard InChI is InChI=1S/C25H22O4/c1-25(2,24(27)28)17-22(26)21-15-14-19-12-6-7-13-20(19)23(21)29-16-8-11-18-9-4-3-5-10-18/h3-7,9-10,12-15H,16-17H2,1-2H3,(H,27,28). The summed E-state index contributed by atoms with van der Waals surface area (Å²) in [7, 11) is 0. The molecule has 0 aliphatic heterocycles. The van der Waals surface area contributed by atoms with E-state index in [1.165, 1.54) is 0 Å². The predicted molar refractivity (Wildman–Crippen MR) is 113 cm³/mol. The lowest BCUT2D eigenvalue weighted by Crippen LogP contribution is -2.27. The zero-order chi connectivity index (χ0) is 20.9. The summed E-state index contributed by atoms with van der Waals surface area (Å²) in [6, 6.07) is 20.7. The third-order valence-electron chi connectivity index (χ3n) is 4.66. The maximum atomic E-state index is 12.9. The van der Waals surface area contributed by atoms with Crippen LogP contribution in [0.25, 0.3) is 10.8 Å². The summed E-state index contributed by atoms with van der Waals surface area (Å²) in [5.74, 6) is 5.16. The minimum atomic E-state index is -1.16. The van der Waals surface area contributed by atoms with Gasteiger partial charge in [0.25, 0.3) is 0 Å². The van der Waals surface area contributed by atoms with E-state index in [9.17, 15) is 14.7 Å². The first-order chi connectivity index (χ1) is 13.9. The van der Waals surface area contributed by atoms with Crippen LogP contribution in [0.4, 0.5) is 0 Å². The van der Waals surface area contributed by atoms with E-state index in [-0.39, 0.29) is 18.8 Å². The summed E-state index contributed by atoms with van der Waals surface area (Å²) in [6.45, 7) is 3.20. The molecule has 0 atom stereocenters. The van der Waals surface area contributed by atoms with E-state index in [0.717, 1.165) is 16.3 Å². The fourth-order valence-corrected chi connectivity index (χ4v) is 2.96. The molecular weight excluding hydrogens is 364 g/mol. The number of ketones is 1. The van der Waals surface area contributed by atoms with Crippen molar-refractivity contribution < 1.29 is 19.4 Å². The minimum Gasteiger partial charge on any atom is -0.481 e. The molecule has 146 valence electrons. The smallest absolute Gasteiger partial charge is 0.309 e. The van der Waals surface area contributed by atoms with Crippen molar-refractivity contribution in [1.29, 1.82) is 0 Å². The molecule has 1 N–H and O–H groups in total. The Balaban J connectivity index is 1.91. The van der Waals surface area contributed by atoms with Gasteiger partial charge in [-0.3, -0.25) is 9.59 Å². The Morgan fingerprint density at radius 1 is 0.966 bits per heavy atom. The summed E-state index contributed by atoms with van der Waals surface area (Å²) in [5.41, 5.74) is 0.0979. The number of aliphatic carboxylic acids is 1. The van der Waals surface area contributed by atoms with Crippen molar-refractivity contribution in [2.24, 2.45) is 5.41 Å². The van der Waals surface area contributed by atoms with Crippen LogP contribution in [-0.4, -0.2) is 23.5 Å². The second-order valence-electron chi connectivity index (χ2n) is 7.41. The van der Waals surface area contributed by atoms with Gasteiger partial charge in [0.1, 0.15) is 12.4 Å². The number of carbonyl (C=O) groups excluding carboxylic acids is 1. The molecule has 0 amide bonds. The highest BCUT2D eigenvalue weighted by Crippen LogP contribution is 2.33. The van der Waals surface area contributed by atoms with E-state index in [0.29, 0.717) is 11.3 Å². The first-order valence-electron chi connectivity index (χ1n) is 9.33. The van der Waals surface area contributed by atoms with Gasteiger partial charge in [0.05, 0.1) is 11.0 Å². The highest BCUT2D eigenvalue weighted by Gasteiger charge is 2.31. The third-order valence-corrected chi connectivity index (χ3v) is 4.66. The first kappa shape index (κ1) is 20.2. The molecule has 0 aromatic heterocycles.